The summed E-state index contributed by atoms with van der Waals surface area (Å²) < 4.78 is 21.1. The third kappa shape index (κ3) is 5.99. The Hall–Kier alpha value is -4.00. The SMILES string of the molecule is COc1ccc(NC(=O)c2ccc(OC(=O)C(C)Oc3ccc(OC)cc3)cc2)cc1. The van der Waals surface area contributed by atoms with Gasteiger partial charge in [0, 0.05) is 11.3 Å². The quantitative estimate of drug-likeness (QED) is 0.431. The summed E-state index contributed by atoms with van der Waals surface area (Å²) in [6.07, 6.45) is -0.813. The highest BCUT2D eigenvalue weighted by atomic mass is 16.6. The van der Waals surface area contributed by atoms with Gasteiger partial charge in [-0.25, -0.2) is 4.79 Å². The van der Waals surface area contributed by atoms with Gasteiger partial charge >= 0.3 is 5.97 Å². The Balaban J connectivity index is 1.54. The zero-order valence-corrected chi connectivity index (χ0v) is 17.5. The number of ether oxygens (including phenoxy) is 4. The van der Waals surface area contributed by atoms with Gasteiger partial charge in [0.1, 0.15) is 23.0 Å². The van der Waals surface area contributed by atoms with E-state index in [4.69, 9.17) is 18.9 Å². The second-order valence-corrected chi connectivity index (χ2v) is 6.56. The monoisotopic (exact) mass is 421 g/mol. The molecule has 0 spiro atoms. The molecule has 0 heterocycles. The van der Waals surface area contributed by atoms with Crippen molar-refractivity contribution in [1.82, 2.24) is 0 Å². The van der Waals surface area contributed by atoms with Crippen LogP contribution in [-0.4, -0.2) is 32.2 Å². The lowest BCUT2D eigenvalue weighted by molar-refractivity contribution is -0.141. The van der Waals surface area contributed by atoms with E-state index in [2.05, 4.69) is 5.32 Å². The Kier molecular flexibility index (Phi) is 7.11. The van der Waals surface area contributed by atoms with Crippen molar-refractivity contribution in [3.8, 4) is 23.0 Å². The van der Waals surface area contributed by atoms with E-state index in [1.165, 1.54) is 0 Å². The fraction of sp³-hybridized carbons (Fsp3) is 0.167. The number of hydrogen-bond acceptors (Lipinski definition) is 6. The molecule has 3 aromatic rings. The maximum absolute atomic E-state index is 12.4. The van der Waals surface area contributed by atoms with Crippen LogP contribution in [0.1, 0.15) is 17.3 Å². The summed E-state index contributed by atoms with van der Waals surface area (Å²) in [7, 11) is 3.15. The molecule has 7 heteroatoms. The number of hydrogen-bond donors (Lipinski definition) is 1. The van der Waals surface area contributed by atoms with E-state index in [1.54, 1.807) is 93.9 Å². The molecule has 3 aromatic carbocycles. The van der Waals surface area contributed by atoms with Crippen LogP contribution in [0.25, 0.3) is 0 Å². The van der Waals surface area contributed by atoms with Crippen LogP contribution in [0.5, 0.6) is 23.0 Å². The molecule has 1 amide bonds. The number of anilines is 1. The highest BCUT2D eigenvalue weighted by Crippen LogP contribution is 2.20. The average Bonchev–Trinajstić information content (AvgIpc) is 2.80. The van der Waals surface area contributed by atoms with E-state index in [0.717, 1.165) is 0 Å². The maximum Gasteiger partial charge on any atom is 0.352 e. The summed E-state index contributed by atoms with van der Waals surface area (Å²) in [5.74, 6) is 1.41. The molecule has 7 nitrogen and oxygen atoms in total. The lowest BCUT2D eigenvalue weighted by Gasteiger charge is -2.14. The third-order valence-electron chi connectivity index (χ3n) is 4.39. The number of benzene rings is 3. The van der Waals surface area contributed by atoms with Crippen molar-refractivity contribution in [2.75, 3.05) is 19.5 Å². The molecule has 160 valence electrons. The second-order valence-electron chi connectivity index (χ2n) is 6.56. The molecule has 0 aliphatic heterocycles. The number of esters is 1. The van der Waals surface area contributed by atoms with Gasteiger partial charge in [-0.1, -0.05) is 0 Å². The first-order valence-corrected chi connectivity index (χ1v) is 9.56. The van der Waals surface area contributed by atoms with Crippen LogP contribution < -0.4 is 24.3 Å². The fourth-order valence-electron chi connectivity index (χ4n) is 2.66. The van der Waals surface area contributed by atoms with E-state index in [0.29, 0.717) is 34.2 Å². The van der Waals surface area contributed by atoms with E-state index in [1.807, 2.05) is 0 Å². The van der Waals surface area contributed by atoms with E-state index in [9.17, 15) is 9.59 Å². The van der Waals surface area contributed by atoms with Crippen LogP contribution in [-0.2, 0) is 4.79 Å². The van der Waals surface area contributed by atoms with Crippen LogP contribution in [0.15, 0.2) is 72.8 Å². The first-order chi connectivity index (χ1) is 15.0. The van der Waals surface area contributed by atoms with Gasteiger partial charge in [0.15, 0.2) is 6.10 Å². The number of carbonyl (C=O) groups excluding carboxylic acids is 2. The molecule has 1 atom stereocenters. The first kappa shape index (κ1) is 21.7. The van der Waals surface area contributed by atoms with Gasteiger partial charge < -0.3 is 24.3 Å². The predicted octanol–water partition coefficient (Wildman–Crippen LogP) is 4.33. The molecule has 0 bridgehead atoms. The lowest BCUT2D eigenvalue weighted by atomic mass is 10.2. The second kappa shape index (κ2) is 10.2. The Morgan fingerprint density at radius 2 is 1.19 bits per heavy atom. The number of carbonyl (C=O) groups is 2. The molecular formula is C24H23NO6. The molecule has 0 radical (unpaired) electrons. The molecule has 0 fully saturated rings. The Labute approximate surface area is 180 Å². The van der Waals surface area contributed by atoms with E-state index < -0.39 is 12.1 Å². The van der Waals surface area contributed by atoms with Crippen LogP contribution in [0.4, 0.5) is 5.69 Å². The van der Waals surface area contributed by atoms with Crippen molar-refractivity contribution in [3.05, 3.63) is 78.4 Å². The minimum atomic E-state index is -0.813. The average molecular weight is 421 g/mol. The van der Waals surface area contributed by atoms with Crippen molar-refractivity contribution in [2.24, 2.45) is 0 Å². The molecule has 3 rings (SSSR count). The van der Waals surface area contributed by atoms with Gasteiger partial charge in [-0.2, -0.15) is 0 Å². The number of nitrogens with one attached hydrogen (secondary N) is 1. The first-order valence-electron chi connectivity index (χ1n) is 9.56. The molecule has 0 aliphatic carbocycles. The fourth-order valence-corrected chi connectivity index (χ4v) is 2.66. The summed E-state index contributed by atoms with van der Waals surface area (Å²) >= 11 is 0. The van der Waals surface area contributed by atoms with Gasteiger partial charge in [0.2, 0.25) is 0 Å². The van der Waals surface area contributed by atoms with Crippen molar-refractivity contribution in [2.45, 2.75) is 13.0 Å². The van der Waals surface area contributed by atoms with Crippen molar-refractivity contribution < 1.29 is 28.5 Å². The molecular weight excluding hydrogens is 398 g/mol. The number of rotatable bonds is 8. The van der Waals surface area contributed by atoms with Gasteiger partial charge in [-0.3, -0.25) is 4.79 Å². The van der Waals surface area contributed by atoms with Crippen LogP contribution >= 0.6 is 0 Å². The van der Waals surface area contributed by atoms with E-state index >= 15 is 0 Å². The maximum atomic E-state index is 12.4. The Morgan fingerprint density at radius 1 is 0.710 bits per heavy atom. The minimum Gasteiger partial charge on any atom is -0.497 e. The third-order valence-corrected chi connectivity index (χ3v) is 4.39. The van der Waals surface area contributed by atoms with Gasteiger partial charge in [0.05, 0.1) is 14.2 Å². The highest BCUT2D eigenvalue weighted by Gasteiger charge is 2.18. The largest absolute Gasteiger partial charge is 0.497 e. The van der Waals surface area contributed by atoms with Crippen molar-refractivity contribution in [3.63, 3.8) is 0 Å². The summed E-state index contributed by atoms with van der Waals surface area (Å²) in [5.41, 5.74) is 1.07. The molecule has 0 saturated heterocycles. The van der Waals surface area contributed by atoms with Crippen LogP contribution in [0.3, 0.4) is 0 Å². The van der Waals surface area contributed by atoms with Crippen LogP contribution in [0.2, 0.25) is 0 Å². The molecule has 0 saturated carbocycles. The molecule has 0 aromatic heterocycles. The smallest absolute Gasteiger partial charge is 0.352 e. The summed E-state index contributed by atoms with van der Waals surface area (Å²) in [6.45, 7) is 1.60. The minimum absolute atomic E-state index is 0.278. The topological polar surface area (TPSA) is 83.1 Å². The molecule has 31 heavy (non-hydrogen) atoms. The zero-order valence-electron chi connectivity index (χ0n) is 17.5. The number of amides is 1. The number of methoxy groups -OCH3 is 2. The van der Waals surface area contributed by atoms with Crippen molar-refractivity contribution >= 4 is 17.6 Å². The van der Waals surface area contributed by atoms with Crippen LogP contribution in [0, 0.1) is 0 Å². The Morgan fingerprint density at radius 3 is 1.74 bits per heavy atom. The zero-order chi connectivity index (χ0) is 22.2. The predicted molar refractivity (Wildman–Crippen MR) is 116 cm³/mol. The van der Waals surface area contributed by atoms with Gasteiger partial charge in [-0.05, 0) is 79.7 Å². The summed E-state index contributed by atoms with van der Waals surface area (Å²) in [5, 5.41) is 2.79. The molecule has 0 aliphatic rings. The standard InChI is InChI=1S/C24H23NO6/c1-16(30-21-14-12-20(29-3)13-15-21)24(27)31-22-8-4-17(5-9-22)23(26)25-18-6-10-19(28-2)11-7-18/h4-16H,1-3H3,(H,25,26). The van der Waals surface area contributed by atoms with Crippen molar-refractivity contribution in [1.29, 1.82) is 0 Å². The van der Waals surface area contributed by atoms with E-state index in [-0.39, 0.29) is 5.91 Å². The lowest BCUT2D eigenvalue weighted by Crippen LogP contribution is -2.28. The highest BCUT2D eigenvalue weighted by molar-refractivity contribution is 6.04. The molecule has 1 N–H and O–H groups in total. The normalized spacial score (nSPS) is 11.2. The van der Waals surface area contributed by atoms with Gasteiger partial charge in [0.25, 0.3) is 5.91 Å². The summed E-state index contributed by atoms with van der Waals surface area (Å²) in [6, 6.07) is 20.2. The molecule has 1 unspecified atom stereocenters. The van der Waals surface area contributed by atoms with Gasteiger partial charge in [-0.15, -0.1) is 0 Å². The summed E-state index contributed by atoms with van der Waals surface area (Å²) in [4.78, 5) is 24.7. The Bertz CT molecular complexity index is 1010.